The number of likely N-dealkylation sites (N-methyl/N-ethyl adjacent to an activating group) is 1. The van der Waals surface area contributed by atoms with Crippen LogP contribution in [0.15, 0.2) is 64.7 Å². The van der Waals surface area contributed by atoms with Crippen molar-refractivity contribution in [1.29, 1.82) is 5.26 Å². The molecule has 4 heterocycles. The number of thiazole rings is 1. The summed E-state index contributed by atoms with van der Waals surface area (Å²) in [6.07, 6.45) is 1.82. The maximum absolute atomic E-state index is 13.8. The Hall–Kier alpha value is -4.20. The molecule has 41 heavy (non-hydrogen) atoms. The Bertz CT molecular complexity index is 1570. The molecule has 3 aliphatic rings. The molecule has 0 saturated carbocycles. The highest BCUT2D eigenvalue weighted by molar-refractivity contribution is 7.14. The number of rotatable bonds is 4. The van der Waals surface area contributed by atoms with Crippen molar-refractivity contribution in [2.45, 2.75) is 20.8 Å². The van der Waals surface area contributed by atoms with Crippen molar-refractivity contribution in [2.24, 2.45) is 10.4 Å². The molecular weight excluding hydrogens is 532 g/mol. The van der Waals surface area contributed by atoms with Gasteiger partial charge in [0, 0.05) is 55.4 Å². The summed E-state index contributed by atoms with van der Waals surface area (Å²) in [4.78, 5) is 32.0. The summed E-state index contributed by atoms with van der Waals surface area (Å²) in [5.74, 6) is 0.645. The lowest BCUT2D eigenvalue weighted by Gasteiger charge is -2.34. The van der Waals surface area contributed by atoms with Crippen molar-refractivity contribution in [3.05, 3.63) is 70.9 Å². The molecule has 0 spiro atoms. The highest BCUT2D eigenvalue weighted by atomic mass is 32.1. The molecule has 210 valence electrons. The van der Waals surface area contributed by atoms with Gasteiger partial charge in [-0.1, -0.05) is 39.0 Å². The van der Waals surface area contributed by atoms with Gasteiger partial charge in [-0.3, -0.25) is 9.69 Å². The highest BCUT2D eigenvalue weighted by Gasteiger charge is 2.33. The van der Waals surface area contributed by atoms with E-state index in [4.69, 9.17) is 9.98 Å². The minimum absolute atomic E-state index is 0.0314. The van der Waals surface area contributed by atoms with Gasteiger partial charge in [-0.25, -0.2) is 9.98 Å². The minimum atomic E-state index is -0.121. The van der Waals surface area contributed by atoms with Crippen molar-refractivity contribution >= 4 is 39.6 Å². The van der Waals surface area contributed by atoms with Gasteiger partial charge >= 0.3 is 0 Å². The molecule has 1 saturated heterocycles. The number of piperazine rings is 1. The van der Waals surface area contributed by atoms with E-state index >= 15 is 0 Å². The standard InChI is InChI=1S/C31H34N8OS/c1-31(2,3)19-38-17-23(16-32)34-24-6-5-7-26-27(24)28(38)33-20-39(26)29(40)22-10-8-21(9-11-22)25-18-41-30(35-25)37-14-12-36(4)13-15-37/h5-11,17-18,34H,12-15,19-20H2,1-4H3. The fourth-order valence-electron chi connectivity index (χ4n) is 5.37. The molecule has 0 radical (unpaired) electrons. The van der Waals surface area contributed by atoms with Crippen LogP contribution in [-0.2, 0) is 0 Å². The van der Waals surface area contributed by atoms with Crippen LogP contribution < -0.4 is 15.1 Å². The minimum Gasteiger partial charge on any atom is -0.346 e. The number of nitriles is 1. The Labute approximate surface area is 245 Å². The van der Waals surface area contributed by atoms with Crippen molar-refractivity contribution in [3.8, 4) is 17.3 Å². The number of amides is 1. The van der Waals surface area contributed by atoms with E-state index < -0.39 is 0 Å². The molecule has 0 unspecified atom stereocenters. The molecule has 0 aliphatic carbocycles. The van der Waals surface area contributed by atoms with E-state index in [9.17, 15) is 10.1 Å². The van der Waals surface area contributed by atoms with E-state index in [1.165, 1.54) is 0 Å². The summed E-state index contributed by atoms with van der Waals surface area (Å²) in [5.41, 5.74) is 5.27. The molecule has 1 N–H and O–H groups in total. The number of allylic oxidation sites excluding steroid dienone is 1. The van der Waals surface area contributed by atoms with Gasteiger partial charge in [-0.2, -0.15) is 5.26 Å². The molecule has 0 bridgehead atoms. The number of hydrogen-bond acceptors (Lipinski definition) is 9. The number of carbonyl (C=O) groups excluding carboxylic acids is 1. The number of anilines is 3. The second-order valence-electron chi connectivity index (χ2n) is 11.9. The van der Waals surface area contributed by atoms with E-state index in [-0.39, 0.29) is 18.0 Å². The highest BCUT2D eigenvalue weighted by Crippen LogP contribution is 2.37. The predicted octanol–water partition coefficient (Wildman–Crippen LogP) is 5.06. The molecule has 3 aliphatic heterocycles. The molecule has 1 fully saturated rings. The van der Waals surface area contributed by atoms with E-state index in [1.54, 1.807) is 16.2 Å². The third-order valence-electron chi connectivity index (χ3n) is 7.45. The lowest BCUT2D eigenvalue weighted by atomic mass is 9.95. The fraction of sp³-hybridized carbons (Fsp3) is 0.355. The molecule has 3 aromatic rings. The SMILES string of the molecule is CN1CCN(c2nc(-c3ccc(C(=O)N4CN=C5c6c(cccc64)NC(C#N)=CN5CC(C)(C)C)cc3)cs2)CC1. The van der Waals surface area contributed by atoms with Gasteiger partial charge in [-0.15, -0.1) is 11.3 Å². The van der Waals surface area contributed by atoms with E-state index in [0.29, 0.717) is 17.8 Å². The maximum Gasteiger partial charge on any atom is 0.259 e. The molecule has 10 heteroatoms. The lowest BCUT2D eigenvalue weighted by Crippen LogP contribution is -2.44. The third kappa shape index (κ3) is 5.43. The Morgan fingerprint density at radius 3 is 2.56 bits per heavy atom. The molecule has 9 nitrogen and oxygen atoms in total. The molecule has 1 aromatic heterocycles. The van der Waals surface area contributed by atoms with Crippen LogP contribution in [0.1, 0.15) is 36.7 Å². The van der Waals surface area contributed by atoms with Crippen molar-refractivity contribution < 1.29 is 4.79 Å². The van der Waals surface area contributed by atoms with Crippen molar-refractivity contribution in [2.75, 3.05) is 61.6 Å². The normalized spacial score (nSPS) is 17.2. The van der Waals surface area contributed by atoms with Crippen LogP contribution in [0.4, 0.5) is 16.5 Å². The number of nitrogens with one attached hydrogen (secondary N) is 1. The Kier molecular flexibility index (Phi) is 7.01. The summed E-state index contributed by atoms with van der Waals surface area (Å²) < 4.78 is 0. The predicted molar refractivity (Wildman–Crippen MR) is 165 cm³/mol. The van der Waals surface area contributed by atoms with Crippen LogP contribution in [0.25, 0.3) is 11.3 Å². The summed E-state index contributed by atoms with van der Waals surface area (Å²) in [7, 11) is 2.15. The first kappa shape index (κ1) is 27.0. The van der Waals surface area contributed by atoms with Crippen LogP contribution in [0.3, 0.4) is 0 Å². The second kappa shape index (κ2) is 10.7. The molecule has 2 aromatic carbocycles. The van der Waals surface area contributed by atoms with Crippen LogP contribution in [0.5, 0.6) is 0 Å². The van der Waals surface area contributed by atoms with Crippen LogP contribution in [0, 0.1) is 16.7 Å². The van der Waals surface area contributed by atoms with Crippen molar-refractivity contribution in [1.82, 2.24) is 14.8 Å². The van der Waals surface area contributed by atoms with Gasteiger partial charge in [0.25, 0.3) is 5.91 Å². The zero-order valence-corrected chi connectivity index (χ0v) is 24.7. The largest absolute Gasteiger partial charge is 0.346 e. The number of amidine groups is 1. The first-order chi connectivity index (χ1) is 19.7. The zero-order chi connectivity index (χ0) is 28.7. The summed E-state index contributed by atoms with van der Waals surface area (Å²) in [6.45, 7) is 11.4. The van der Waals surface area contributed by atoms with Crippen LogP contribution >= 0.6 is 11.3 Å². The molecule has 0 atom stereocenters. The quantitative estimate of drug-likeness (QED) is 0.472. The monoisotopic (exact) mass is 566 g/mol. The van der Waals surface area contributed by atoms with Gasteiger partial charge in [0.2, 0.25) is 0 Å². The topological polar surface area (TPSA) is 91.1 Å². The maximum atomic E-state index is 13.8. The summed E-state index contributed by atoms with van der Waals surface area (Å²) >= 11 is 1.67. The van der Waals surface area contributed by atoms with Gasteiger partial charge in [0.15, 0.2) is 5.13 Å². The average molecular weight is 567 g/mol. The third-order valence-corrected chi connectivity index (χ3v) is 8.35. The average Bonchev–Trinajstić information content (AvgIpc) is 3.40. The van der Waals surface area contributed by atoms with E-state index in [2.05, 4.69) is 54.4 Å². The number of hydrogen-bond donors (Lipinski definition) is 1. The van der Waals surface area contributed by atoms with Gasteiger partial charge in [-0.05, 0) is 36.7 Å². The van der Waals surface area contributed by atoms with E-state index in [0.717, 1.165) is 65.3 Å². The fourth-order valence-corrected chi connectivity index (χ4v) is 6.26. The van der Waals surface area contributed by atoms with Gasteiger partial charge in [0.05, 0.1) is 22.6 Å². The molecular formula is C31H34N8OS. The summed E-state index contributed by atoms with van der Waals surface area (Å²) in [5, 5.41) is 16.1. The van der Waals surface area contributed by atoms with Crippen LogP contribution in [0.2, 0.25) is 0 Å². The number of nitrogens with zero attached hydrogens (tertiary/aromatic N) is 7. The number of aromatic nitrogens is 1. The Morgan fingerprint density at radius 1 is 1.10 bits per heavy atom. The Balaban J connectivity index is 1.25. The van der Waals surface area contributed by atoms with E-state index in [1.807, 2.05) is 53.6 Å². The van der Waals surface area contributed by atoms with Gasteiger partial charge in [0.1, 0.15) is 24.3 Å². The second-order valence-corrected chi connectivity index (χ2v) is 12.7. The van der Waals surface area contributed by atoms with Crippen molar-refractivity contribution in [3.63, 3.8) is 0 Å². The van der Waals surface area contributed by atoms with Gasteiger partial charge < -0.3 is 20.0 Å². The Morgan fingerprint density at radius 2 is 1.85 bits per heavy atom. The molecule has 6 rings (SSSR count). The molecule has 1 amide bonds. The van der Waals surface area contributed by atoms with Crippen LogP contribution in [-0.4, -0.2) is 73.0 Å². The smallest absolute Gasteiger partial charge is 0.259 e. The lowest BCUT2D eigenvalue weighted by molar-refractivity contribution is 0.0987. The summed E-state index contributed by atoms with van der Waals surface area (Å²) in [6, 6.07) is 15.7. The number of carbonyl (C=O) groups is 1. The number of aliphatic imine (C=N–C) groups is 1. The first-order valence-corrected chi connectivity index (χ1v) is 14.7. The first-order valence-electron chi connectivity index (χ1n) is 13.8. The zero-order valence-electron chi connectivity index (χ0n) is 23.9. The number of benzene rings is 2.